The van der Waals surface area contributed by atoms with Crippen molar-refractivity contribution < 1.29 is 24.5 Å². The Morgan fingerprint density at radius 2 is 0.610 bits per heavy atom. The highest BCUT2D eigenvalue weighted by Gasteiger charge is 2.20. The number of nitrogens with one attached hydrogen (secondary N) is 1. The van der Waals surface area contributed by atoms with E-state index in [2.05, 4.69) is 43.5 Å². The van der Waals surface area contributed by atoms with Crippen LogP contribution in [0.5, 0.6) is 0 Å². The van der Waals surface area contributed by atoms with Gasteiger partial charge in [-0.3, -0.25) is 9.59 Å². The first-order chi connectivity index (χ1) is 40.5. The lowest BCUT2D eigenvalue weighted by Crippen LogP contribution is -2.45. The van der Waals surface area contributed by atoms with Gasteiger partial charge in [-0.2, -0.15) is 0 Å². The van der Waals surface area contributed by atoms with Crippen LogP contribution in [0.4, 0.5) is 0 Å². The SMILES string of the molecule is CCCCCCCCCCCCCCCCCCCC(O)C(CO)NC(=O)CCCCCCCCCCCCCCCCCCC/C=C\C/C=C\CCCCCCCCCCCCCCCOC(=O)CCCCCCCCCCCCC. The van der Waals surface area contributed by atoms with Crippen LogP contribution in [0.25, 0.3) is 0 Å². The van der Waals surface area contributed by atoms with Gasteiger partial charge in [0.05, 0.1) is 25.4 Å². The predicted molar refractivity (Wildman–Crippen MR) is 361 cm³/mol. The fraction of sp³-hybridized carbons (Fsp3) is 0.921. The van der Waals surface area contributed by atoms with E-state index in [4.69, 9.17) is 4.74 Å². The van der Waals surface area contributed by atoms with Crippen LogP contribution >= 0.6 is 0 Å². The molecule has 0 aliphatic carbocycles. The second-order valence-electron chi connectivity index (χ2n) is 26.0. The molecule has 0 aliphatic heterocycles. The first-order valence-electron chi connectivity index (χ1n) is 37.6. The van der Waals surface area contributed by atoms with E-state index in [0.717, 1.165) is 44.9 Å². The van der Waals surface area contributed by atoms with Crippen molar-refractivity contribution in [2.45, 2.75) is 437 Å². The van der Waals surface area contributed by atoms with Crippen LogP contribution in [0.3, 0.4) is 0 Å². The lowest BCUT2D eigenvalue weighted by molar-refractivity contribution is -0.143. The van der Waals surface area contributed by atoms with Gasteiger partial charge in [-0.15, -0.1) is 0 Å². The minimum Gasteiger partial charge on any atom is -0.466 e. The van der Waals surface area contributed by atoms with Crippen LogP contribution in [-0.4, -0.2) is 47.4 Å². The lowest BCUT2D eigenvalue weighted by Gasteiger charge is -2.22. The molecule has 6 nitrogen and oxygen atoms in total. The Hall–Kier alpha value is -1.66. The Labute approximate surface area is 513 Å². The van der Waals surface area contributed by atoms with Gasteiger partial charge in [-0.1, -0.05) is 378 Å². The quantitative estimate of drug-likeness (QED) is 0.0320. The van der Waals surface area contributed by atoms with Crippen molar-refractivity contribution in [3.05, 3.63) is 24.3 Å². The van der Waals surface area contributed by atoms with E-state index < -0.39 is 12.1 Å². The number of hydrogen-bond donors (Lipinski definition) is 3. The minimum absolute atomic E-state index is 0.0191. The van der Waals surface area contributed by atoms with E-state index in [9.17, 15) is 19.8 Å². The summed E-state index contributed by atoms with van der Waals surface area (Å²) in [7, 11) is 0. The van der Waals surface area contributed by atoms with Gasteiger partial charge in [-0.25, -0.2) is 0 Å². The number of esters is 1. The minimum atomic E-state index is -0.662. The molecule has 0 spiro atoms. The van der Waals surface area contributed by atoms with Gasteiger partial charge in [0.1, 0.15) is 0 Å². The number of aliphatic hydroxyl groups is 2. The van der Waals surface area contributed by atoms with Gasteiger partial charge < -0.3 is 20.3 Å². The van der Waals surface area contributed by atoms with Crippen molar-refractivity contribution in [1.29, 1.82) is 0 Å². The molecule has 2 atom stereocenters. The van der Waals surface area contributed by atoms with Gasteiger partial charge in [-0.05, 0) is 57.8 Å². The van der Waals surface area contributed by atoms with Crippen LogP contribution in [0.1, 0.15) is 425 Å². The molecule has 0 aromatic heterocycles. The lowest BCUT2D eigenvalue weighted by atomic mass is 10.0. The Morgan fingerprint density at radius 1 is 0.341 bits per heavy atom. The van der Waals surface area contributed by atoms with E-state index in [-0.39, 0.29) is 18.5 Å². The predicted octanol–water partition coefficient (Wildman–Crippen LogP) is 24.5. The smallest absolute Gasteiger partial charge is 0.305 e. The zero-order valence-electron chi connectivity index (χ0n) is 55.8. The molecular weight excluding hydrogens is 1010 g/mol. The molecule has 1 amide bonds. The maximum atomic E-state index is 12.5. The maximum Gasteiger partial charge on any atom is 0.305 e. The molecule has 0 aromatic rings. The van der Waals surface area contributed by atoms with Gasteiger partial charge in [0.15, 0.2) is 0 Å². The number of hydrogen-bond acceptors (Lipinski definition) is 5. The second-order valence-corrected chi connectivity index (χ2v) is 26.0. The number of aliphatic hydroxyl groups excluding tert-OH is 2. The molecule has 0 radical (unpaired) electrons. The van der Waals surface area contributed by atoms with Crippen LogP contribution < -0.4 is 5.32 Å². The summed E-state index contributed by atoms with van der Waals surface area (Å²) < 4.78 is 5.48. The fourth-order valence-electron chi connectivity index (χ4n) is 12.0. The average molecular weight is 1160 g/mol. The van der Waals surface area contributed by atoms with Crippen molar-refractivity contribution in [2.75, 3.05) is 13.2 Å². The van der Waals surface area contributed by atoms with E-state index >= 15 is 0 Å². The molecular formula is C76H147NO5. The molecule has 0 fully saturated rings. The van der Waals surface area contributed by atoms with E-state index in [0.29, 0.717) is 25.9 Å². The summed E-state index contributed by atoms with van der Waals surface area (Å²) in [5.41, 5.74) is 0. The summed E-state index contributed by atoms with van der Waals surface area (Å²) in [6.45, 7) is 4.99. The number of allylic oxidation sites excluding steroid dienone is 4. The fourth-order valence-corrected chi connectivity index (χ4v) is 12.0. The van der Waals surface area contributed by atoms with Crippen molar-refractivity contribution >= 4 is 11.9 Å². The average Bonchev–Trinajstić information content (AvgIpc) is 3.48. The highest BCUT2D eigenvalue weighted by Crippen LogP contribution is 2.19. The Morgan fingerprint density at radius 3 is 0.927 bits per heavy atom. The molecule has 3 N–H and O–H groups in total. The highest BCUT2D eigenvalue weighted by molar-refractivity contribution is 5.76. The van der Waals surface area contributed by atoms with Crippen molar-refractivity contribution in [3.8, 4) is 0 Å². The van der Waals surface area contributed by atoms with Gasteiger partial charge >= 0.3 is 5.97 Å². The molecule has 0 saturated heterocycles. The first-order valence-corrected chi connectivity index (χ1v) is 37.6. The number of ether oxygens (including phenoxy) is 1. The number of amides is 1. The Bertz CT molecular complexity index is 1280. The molecule has 0 aromatic carbocycles. The van der Waals surface area contributed by atoms with E-state index in [1.165, 1.54) is 347 Å². The maximum absolute atomic E-state index is 12.5. The van der Waals surface area contributed by atoms with Crippen molar-refractivity contribution in [3.63, 3.8) is 0 Å². The third-order valence-corrected chi connectivity index (χ3v) is 17.8. The molecule has 2 unspecified atom stereocenters. The number of carbonyl (C=O) groups is 2. The van der Waals surface area contributed by atoms with Gasteiger partial charge in [0, 0.05) is 12.8 Å². The molecule has 82 heavy (non-hydrogen) atoms. The zero-order chi connectivity index (χ0) is 59.2. The van der Waals surface area contributed by atoms with E-state index in [1.54, 1.807) is 0 Å². The van der Waals surface area contributed by atoms with Crippen LogP contribution in [0.2, 0.25) is 0 Å². The molecule has 6 heteroatoms. The third kappa shape index (κ3) is 67.5. The molecule has 0 bridgehead atoms. The first kappa shape index (κ1) is 80.3. The summed E-state index contributed by atoms with van der Waals surface area (Å²) in [5, 5.41) is 23.4. The number of unbranched alkanes of at least 4 members (excludes halogenated alkanes) is 56. The standard InChI is InChI=1S/C76H147NO5/c1-3-5-7-9-11-13-15-16-17-39-42-45-49-52-56-60-64-68-74(79)73(72-78)77-75(80)69-65-61-57-53-50-46-43-40-37-35-33-31-29-27-25-23-21-19-18-20-22-24-26-28-30-32-34-36-38-41-44-47-51-55-59-63-67-71-82-76(81)70-66-62-58-54-48-14-12-10-8-6-4-2/h18,20,24,26,73-74,78-79H,3-17,19,21-23,25,27-72H2,1-2H3,(H,77,80)/b20-18-,26-24-. The molecule has 0 aliphatic rings. The number of rotatable bonds is 71. The third-order valence-electron chi connectivity index (χ3n) is 17.8. The topological polar surface area (TPSA) is 95.9 Å². The molecule has 0 heterocycles. The van der Waals surface area contributed by atoms with Gasteiger partial charge in [0.2, 0.25) is 5.91 Å². The summed E-state index contributed by atoms with van der Waals surface area (Å²) in [4.78, 5) is 24.5. The van der Waals surface area contributed by atoms with Crippen LogP contribution in [0.15, 0.2) is 24.3 Å². The summed E-state index contributed by atoms with van der Waals surface area (Å²) >= 11 is 0. The van der Waals surface area contributed by atoms with E-state index in [1.807, 2.05) is 0 Å². The molecule has 0 rings (SSSR count). The summed E-state index contributed by atoms with van der Waals surface area (Å²) in [5.74, 6) is -0.00911. The van der Waals surface area contributed by atoms with Crippen LogP contribution in [0, 0.1) is 0 Å². The van der Waals surface area contributed by atoms with Crippen LogP contribution in [-0.2, 0) is 14.3 Å². The highest BCUT2D eigenvalue weighted by atomic mass is 16.5. The number of carbonyl (C=O) groups excluding carboxylic acids is 2. The van der Waals surface area contributed by atoms with Crippen molar-refractivity contribution in [1.82, 2.24) is 5.32 Å². The summed E-state index contributed by atoms with van der Waals surface area (Å²) in [6.07, 6.45) is 91.2. The van der Waals surface area contributed by atoms with Gasteiger partial charge in [0.25, 0.3) is 0 Å². The monoisotopic (exact) mass is 1150 g/mol. The zero-order valence-corrected chi connectivity index (χ0v) is 55.8. The Balaban J connectivity index is 3.36. The largest absolute Gasteiger partial charge is 0.466 e. The normalized spacial score (nSPS) is 12.6. The second kappa shape index (κ2) is 71.8. The summed E-state index contributed by atoms with van der Waals surface area (Å²) in [6, 6.07) is -0.539. The molecule has 0 saturated carbocycles. The molecule has 486 valence electrons. The van der Waals surface area contributed by atoms with Crippen molar-refractivity contribution in [2.24, 2.45) is 0 Å². The Kier molecular flexibility index (Phi) is 70.4.